The van der Waals surface area contributed by atoms with Crippen molar-refractivity contribution in [3.63, 3.8) is 0 Å². The van der Waals surface area contributed by atoms with Gasteiger partial charge in [-0.15, -0.1) is 0 Å². The normalized spacial score (nSPS) is 15.6. The molecule has 1 unspecified atom stereocenters. The minimum absolute atomic E-state index is 0.763. The Kier molecular flexibility index (Phi) is 8.67. The quantitative estimate of drug-likeness (QED) is 0.518. The summed E-state index contributed by atoms with van der Waals surface area (Å²) >= 11 is 0. The molecule has 0 amide bonds. The van der Waals surface area contributed by atoms with Crippen LogP contribution in [0.25, 0.3) is 0 Å². The molecule has 1 aliphatic carbocycles. The van der Waals surface area contributed by atoms with E-state index >= 15 is 0 Å². The van der Waals surface area contributed by atoms with Crippen molar-refractivity contribution in [2.45, 2.75) is 34.1 Å². The van der Waals surface area contributed by atoms with Crippen molar-refractivity contribution in [1.82, 2.24) is 0 Å². The number of allylic oxidation sites excluding steroid dienone is 4. The molecule has 1 atom stereocenters. The van der Waals surface area contributed by atoms with Crippen LogP contribution in [0.3, 0.4) is 0 Å². The van der Waals surface area contributed by atoms with Gasteiger partial charge in [0.25, 0.3) is 0 Å². The van der Waals surface area contributed by atoms with E-state index in [4.69, 9.17) is 0 Å². The van der Waals surface area contributed by atoms with Gasteiger partial charge in [0.15, 0.2) is 0 Å². The summed E-state index contributed by atoms with van der Waals surface area (Å²) in [5, 5.41) is 0. The van der Waals surface area contributed by atoms with Gasteiger partial charge in [-0.05, 0) is 33.1 Å². The van der Waals surface area contributed by atoms with Gasteiger partial charge in [0.1, 0.15) is 0 Å². The molecular weight excluding hydrogens is 264 g/mol. The van der Waals surface area contributed by atoms with Crippen LogP contribution in [0.15, 0.2) is 84.5 Å². The molecule has 0 saturated carbocycles. The van der Waals surface area contributed by atoms with Crippen molar-refractivity contribution in [3.8, 4) is 0 Å². The van der Waals surface area contributed by atoms with Gasteiger partial charge in [-0.3, -0.25) is 0 Å². The molecule has 0 fully saturated rings. The summed E-state index contributed by atoms with van der Waals surface area (Å²) in [5.74, 6) is 0.763. The van der Waals surface area contributed by atoms with Crippen LogP contribution >= 0.6 is 0 Å². The Morgan fingerprint density at radius 2 is 1.18 bits per heavy atom. The molecule has 2 aromatic carbocycles. The maximum Gasteiger partial charge on any atom is -0.0224 e. The number of hydrogen-bond donors (Lipinski definition) is 0. The number of hydrogen-bond acceptors (Lipinski definition) is 0. The molecule has 22 heavy (non-hydrogen) atoms. The Morgan fingerprint density at radius 1 is 0.727 bits per heavy atom. The second-order valence-corrected chi connectivity index (χ2v) is 5.83. The van der Waals surface area contributed by atoms with Crippen molar-refractivity contribution < 1.29 is 0 Å². The van der Waals surface area contributed by atoms with Crippen LogP contribution in [0.2, 0.25) is 0 Å². The number of aryl methyl sites for hydroxylation is 2. The molecule has 0 heteroatoms. The minimum atomic E-state index is 0.763. The van der Waals surface area contributed by atoms with Crippen LogP contribution in [-0.4, -0.2) is 0 Å². The third-order valence-corrected chi connectivity index (χ3v) is 3.38. The molecular formula is C22H28. The monoisotopic (exact) mass is 292 g/mol. The topological polar surface area (TPSA) is 0 Å². The van der Waals surface area contributed by atoms with E-state index < -0.39 is 0 Å². The average Bonchev–Trinajstić information content (AvgIpc) is 2.53. The van der Waals surface area contributed by atoms with Crippen LogP contribution in [0, 0.1) is 19.8 Å². The van der Waals surface area contributed by atoms with Crippen molar-refractivity contribution >= 4 is 0 Å². The second-order valence-electron chi connectivity index (χ2n) is 5.83. The molecule has 0 N–H and O–H groups in total. The van der Waals surface area contributed by atoms with E-state index in [0.717, 1.165) is 5.92 Å². The summed E-state index contributed by atoms with van der Waals surface area (Å²) in [6.07, 6.45) is 7.95. The highest BCUT2D eigenvalue weighted by Gasteiger charge is 1.97. The van der Waals surface area contributed by atoms with Gasteiger partial charge in [0.2, 0.25) is 0 Å². The molecule has 116 valence electrons. The highest BCUT2D eigenvalue weighted by Crippen LogP contribution is 2.13. The highest BCUT2D eigenvalue weighted by atomic mass is 14.0. The minimum Gasteiger partial charge on any atom is -0.0811 e. The summed E-state index contributed by atoms with van der Waals surface area (Å²) in [5.41, 5.74) is 4.05. The molecule has 0 aliphatic heterocycles. The first-order valence-electron chi connectivity index (χ1n) is 7.96. The predicted molar refractivity (Wildman–Crippen MR) is 99.0 cm³/mol. The van der Waals surface area contributed by atoms with Crippen LogP contribution in [-0.2, 0) is 0 Å². The van der Waals surface area contributed by atoms with Crippen LogP contribution in [0.1, 0.15) is 31.4 Å². The zero-order valence-corrected chi connectivity index (χ0v) is 14.3. The van der Waals surface area contributed by atoms with E-state index in [-0.39, 0.29) is 0 Å². The van der Waals surface area contributed by atoms with Gasteiger partial charge in [-0.1, -0.05) is 103 Å². The highest BCUT2D eigenvalue weighted by molar-refractivity contribution is 5.20. The van der Waals surface area contributed by atoms with E-state index in [0.29, 0.717) is 0 Å². The fraction of sp³-hybridized carbons (Fsp3) is 0.273. The Morgan fingerprint density at radius 3 is 1.41 bits per heavy atom. The summed E-state index contributed by atoms with van der Waals surface area (Å²) < 4.78 is 0. The van der Waals surface area contributed by atoms with Gasteiger partial charge in [-0.25, -0.2) is 0 Å². The molecule has 0 saturated heterocycles. The van der Waals surface area contributed by atoms with E-state index in [1.807, 2.05) is 36.4 Å². The average molecular weight is 292 g/mol. The first kappa shape index (κ1) is 18.0. The fourth-order valence-electron chi connectivity index (χ4n) is 1.90. The van der Waals surface area contributed by atoms with Gasteiger partial charge in [-0.2, -0.15) is 0 Å². The summed E-state index contributed by atoms with van der Waals surface area (Å²) in [4.78, 5) is 0. The first-order valence-corrected chi connectivity index (χ1v) is 7.96. The Labute approximate surface area is 136 Å². The van der Waals surface area contributed by atoms with Crippen LogP contribution in [0.5, 0.6) is 0 Å². The van der Waals surface area contributed by atoms with Crippen LogP contribution < -0.4 is 0 Å². The lowest BCUT2D eigenvalue weighted by atomic mass is 10.00. The van der Waals surface area contributed by atoms with E-state index in [1.54, 1.807) is 0 Å². The van der Waals surface area contributed by atoms with Gasteiger partial charge < -0.3 is 0 Å². The summed E-state index contributed by atoms with van der Waals surface area (Å²) in [6.45, 7) is 8.54. The standard InChI is InChI=1S/C8H12.2C7H8/c1-7-3-5-8(2)6-4-7;2*1-7-5-3-2-4-6-7/h3-5,8H,6H2,1-2H3;2*2-6H,1H3. The van der Waals surface area contributed by atoms with Gasteiger partial charge >= 0.3 is 0 Å². The smallest absolute Gasteiger partial charge is 0.0224 e. The van der Waals surface area contributed by atoms with Crippen molar-refractivity contribution in [2.75, 3.05) is 0 Å². The zero-order valence-electron chi connectivity index (χ0n) is 14.3. The lowest BCUT2D eigenvalue weighted by Gasteiger charge is -2.06. The second kappa shape index (κ2) is 10.6. The molecule has 3 rings (SSSR count). The van der Waals surface area contributed by atoms with Gasteiger partial charge in [0, 0.05) is 0 Å². The Hall–Kier alpha value is -2.08. The largest absolute Gasteiger partial charge is 0.0811 e. The Balaban J connectivity index is 0.000000166. The zero-order chi connectivity index (χ0) is 16.2. The molecule has 0 spiro atoms. The molecule has 0 heterocycles. The van der Waals surface area contributed by atoms with Crippen molar-refractivity contribution in [1.29, 1.82) is 0 Å². The lowest BCUT2D eigenvalue weighted by molar-refractivity contribution is 0.731. The van der Waals surface area contributed by atoms with Gasteiger partial charge in [0.05, 0.1) is 0 Å². The molecule has 0 radical (unpaired) electrons. The summed E-state index contributed by atoms with van der Waals surface area (Å²) in [7, 11) is 0. The predicted octanol–water partition coefficient (Wildman–Crippen LogP) is 6.52. The Bertz CT molecular complexity index is 524. The number of rotatable bonds is 0. The molecule has 2 aromatic rings. The molecule has 0 bridgehead atoms. The molecule has 1 aliphatic rings. The first-order chi connectivity index (χ1) is 10.6. The fourth-order valence-corrected chi connectivity index (χ4v) is 1.90. The third-order valence-electron chi connectivity index (χ3n) is 3.38. The summed E-state index contributed by atoms with van der Waals surface area (Å²) in [6, 6.07) is 20.5. The van der Waals surface area contributed by atoms with Crippen molar-refractivity contribution in [3.05, 3.63) is 95.6 Å². The maximum atomic E-state index is 2.28. The number of benzene rings is 2. The van der Waals surface area contributed by atoms with E-state index in [9.17, 15) is 0 Å². The third kappa shape index (κ3) is 8.97. The molecule has 0 aromatic heterocycles. The lowest BCUT2D eigenvalue weighted by Crippen LogP contribution is -1.91. The SMILES string of the molecule is CC1=CCC(C)C=C1.Cc1ccccc1.Cc1ccccc1. The van der Waals surface area contributed by atoms with E-state index in [2.05, 4.69) is 70.2 Å². The maximum absolute atomic E-state index is 2.28. The molecule has 0 nitrogen and oxygen atoms in total. The van der Waals surface area contributed by atoms with E-state index in [1.165, 1.54) is 23.1 Å². The van der Waals surface area contributed by atoms with Crippen molar-refractivity contribution in [2.24, 2.45) is 5.92 Å². The van der Waals surface area contributed by atoms with Crippen LogP contribution in [0.4, 0.5) is 0 Å².